The van der Waals surface area contributed by atoms with E-state index >= 15 is 0 Å². The second-order valence-corrected chi connectivity index (χ2v) is 3.87. The van der Waals surface area contributed by atoms with Crippen molar-refractivity contribution in [2.45, 2.75) is 5.16 Å². The second-order valence-electron chi connectivity index (χ2n) is 2.35. The molecule has 2 nitrogen and oxygen atoms in total. The lowest BCUT2D eigenvalue weighted by Crippen LogP contribution is -1.83. The number of aromatic nitrogens is 2. The fraction of sp³-hybridized carbons (Fsp3) is 0.125. The molecule has 0 fully saturated rings. The summed E-state index contributed by atoms with van der Waals surface area (Å²) < 4.78 is 2.97. The molecule has 2 aromatic heterocycles. The minimum atomic E-state index is 0.910. The van der Waals surface area contributed by atoms with Crippen molar-refractivity contribution in [2.24, 2.45) is 0 Å². The molecule has 0 aliphatic carbocycles. The maximum atomic E-state index is 4.35. The molecule has 0 aliphatic rings. The number of thioether (sulfide) groups is 1. The average Bonchev–Trinajstić information content (AvgIpc) is 2.44. The van der Waals surface area contributed by atoms with Crippen molar-refractivity contribution >= 4 is 33.2 Å². The van der Waals surface area contributed by atoms with Gasteiger partial charge in [0.05, 0.1) is 5.52 Å². The van der Waals surface area contributed by atoms with Crippen LogP contribution in [0.2, 0.25) is 0 Å². The summed E-state index contributed by atoms with van der Waals surface area (Å²) in [5.74, 6) is 0. The first-order valence-electron chi connectivity index (χ1n) is 3.49. The molecular formula is C8H7BrN2S. The Hall–Kier alpha value is -0.480. The van der Waals surface area contributed by atoms with Crippen molar-refractivity contribution in [2.75, 3.05) is 6.26 Å². The number of pyridine rings is 1. The molecule has 0 aliphatic heterocycles. The SMILES string of the molecule is CSc1nc(Br)c2ccccn12. The topological polar surface area (TPSA) is 17.3 Å². The number of fused-ring (bicyclic) bond motifs is 1. The van der Waals surface area contributed by atoms with Crippen molar-refractivity contribution in [1.29, 1.82) is 0 Å². The molecule has 0 N–H and O–H groups in total. The van der Waals surface area contributed by atoms with Crippen molar-refractivity contribution in [3.8, 4) is 0 Å². The third-order valence-corrected chi connectivity index (χ3v) is 2.89. The molecule has 4 heteroatoms. The quantitative estimate of drug-likeness (QED) is 0.716. The lowest BCUT2D eigenvalue weighted by molar-refractivity contribution is 0.958. The van der Waals surface area contributed by atoms with Gasteiger partial charge in [-0.15, -0.1) is 0 Å². The van der Waals surface area contributed by atoms with Crippen LogP contribution < -0.4 is 0 Å². The normalized spacial score (nSPS) is 10.8. The predicted molar refractivity (Wildman–Crippen MR) is 54.7 cm³/mol. The molecule has 2 heterocycles. The zero-order valence-corrected chi connectivity index (χ0v) is 8.89. The summed E-state index contributed by atoms with van der Waals surface area (Å²) >= 11 is 5.05. The Kier molecular flexibility index (Phi) is 2.11. The number of rotatable bonds is 1. The molecule has 0 unspecified atom stereocenters. The molecule has 0 aromatic carbocycles. The largest absolute Gasteiger partial charge is 0.294 e. The van der Waals surface area contributed by atoms with Crippen LogP contribution in [-0.4, -0.2) is 15.6 Å². The molecule has 0 radical (unpaired) electrons. The fourth-order valence-electron chi connectivity index (χ4n) is 1.12. The Morgan fingerprint density at radius 3 is 3.08 bits per heavy atom. The zero-order valence-electron chi connectivity index (χ0n) is 6.49. The summed E-state index contributed by atoms with van der Waals surface area (Å²) in [5, 5.41) is 1.01. The highest BCUT2D eigenvalue weighted by Gasteiger charge is 2.05. The maximum absolute atomic E-state index is 4.35. The van der Waals surface area contributed by atoms with Crippen LogP contribution in [0.5, 0.6) is 0 Å². The van der Waals surface area contributed by atoms with E-state index in [0.717, 1.165) is 15.3 Å². The van der Waals surface area contributed by atoms with E-state index in [1.54, 1.807) is 11.8 Å². The molecule has 0 saturated carbocycles. The minimum Gasteiger partial charge on any atom is -0.294 e. The third-order valence-electron chi connectivity index (χ3n) is 1.65. The van der Waals surface area contributed by atoms with Gasteiger partial charge in [0.15, 0.2) is 5.16 Å². The molecule has 0 amide bonds. The van der Waals surface area contributed by atoms with Gasteiger partial charge in [0, 0.05) is 6.20 Å². The van der Waals surface area contributed by atoms with Gasteiger partial charge in [0.2, 0.25) is 0 Å². The zero-order chi connectivity index (χ0) is 8.55. The lowest BCUT2D eigenvalue weighted by Gasteiger charge is -1.94. The summed E-state index contributed by atoms with van der Waals surface area (Å²) in [4.78, 5) is 4.35. The lowest BCUT2D eigenvalue weighted by atomic mass is 10.4. The monoisotopic (exact) mass is 242 g/mol. The number of hydrogen-bond donors (Lipinski definition) is 0. The molecule has 2 aromatic rings. The van der Waals surface area contributed by atoms with E-state index in [-0.39, 0.29) is 0 Å². The minimum absolute atomic E-state index is 0.910. The van der Waals surface area contributed by atoms with Gasteiger partial charge < -0.3 is 0 Å². The third kappa shape index (κ3) is 1.15. The molecule has 12 heavy (non-hydrogen) atoms. The first-order valence-corrected chi connectivity index (χ1v) is 5.51. The summed E-state index contributed by atoms with van der Waals surface area (Å²) in [6, 6.07) is 6.05. The first-order chi connectivity index (χ1) is 5.83. The van der Waals surface area contributed by atoms with Crippen LogP contribution in [0.4, 0.5) is 0 Å². The van der Waals surface area contributed by atoms with Crippen LogP contribution in [0.3, 0.4) is 0 Å². The maximum Gasteiger partial charge on any atom is 0.173 e. The van der Waals surface area contributed by atoms with E-state index in [9.17, 15) is 0 Å². The molecule has 0 atom stereocenters. The standard InChI is InChI=1S/C8H7BrN2S/c1-12-8-10-7(9)6-4-2-3-5-11(6)8/h2-5H,1H3. The Morgan fingerprint density at radius 2 is 2.33 bits per heavy atom. The molecule has 0 saturated heterocycles. The van der Waals surface area contributed by atoms with Crippen LogP contribution >= 0.6 is 27.7 Å². The Bertz CT molecular complexity index is 410. The average molecular weight is 243 g/mol. The number of hydrogen-bond acceptors (Lipinski definition) is 2. The van der Waals surface area contributed by atoms with Gasteiger partial charge in [-0.05, 0) is 34.3 Å². The van der Waals surface area contributed by atoms with E-state index in [4.69, 9.17) is 0 Å². The highest BCUT2D eigenvalue weighted by Crippen LogP contribution is 2.23. The van der Waals surface area contributed by atoms with Crippen LogP contribution in [0.25, 0.3) is 5.52 Å². The van der Waals surface area contributed by atoms with Gasteiger partial charge in [-0.25, -0.2) is 4.98 Å². The van der Waals surface area contributed by atoms with E-state index in [1.807, 2.05) is 30.7 Å². The van der Waals surface area contributed by atoms with Crippen LogP contribution in [-0.2, 0) is 0 Å². The number of nitrogens with zero attached hydrogens (tertiary/aromatic N) is 2. The van der Waals surface area contributed by atoms with Crippen molar-refractivity contribution in [3.05, 3.63) is 29.0 Å². The summed E-state index contributed by atoms with van der Waals surface area (Å²) in [7, 11) is 0. The van der Waals surface area contributed by atoms with Gasteiger partial charge >= 0.3 is 0 Å². The Balaban J connectivity index is 2.82. The van der Waals surface area contributed by atoms with Gasteiger partial charge in [0.1, 0.15) is 4.60 Å². The number of halogens is 1. The van der Waals surface area contributed by atoms with Gasteiger partial charge in [-0.3, -0.25) is 4.40 Å². The summed E-state index contributed by atoms with van der Waals surface area (Å²) in [5.41, 5.74) is 1.11. The summed E-state index contributed by atoms with van der Waals surface area (Å²) in [6.45, 7) is 0. The molecular weight excluding hydrogens is 236 g/mol. The highest BCUT2D eigenvalue weighted by molar-refractivity contribution is 9.10. The van der Waals surface area contributed by atoms with E-state index in [2.05, 4.69) is 25.3 Å². The second kappa shape index (κ2) is 3.11. The van der Waals surface area contributed by atoms with Gasteiger partial charge in [-0.2, -0.15) is 0 Å². The van der Waals surface area contributed by atoms with Crippen molar-refractivity contribution in [3.63, 3.8) is 0 Å². The van der Waals surface area contributed by atoms with Crippen LogP contribution in [0.15, 0.2) is 34.2 Å². The first kappa shape index (κ1) is 8.13. The van der Waals surface area contributed by atoms with Crippen LogP contribution in [0, 0.1) is 0 Å². The smallest absolute Gasteiger partial charge is 0.173 e. The van der Waals surface area contributed by atoms with E-state index < -0.39 is 0 Å². The molecule has 2 rings (SSSR count). The Labute approximate surface area is 83.1 Å². The fourth-order valence-corrected chi connectivity index (χ4v) is 2.26. The van der Waals surface area contributed by atoms with Crippen LogP contribution in [0.1, 0.15) is 0 Å². The van der Waals surface area contributed by atoms with Gasteiger partial charge in [0.25, 0.3) is 0 Å². The predicted octanol–water partition coefficient (Wildman–Crippen LogP) is 2.82. The van der Waals surface area contributed by atoms with Crippen molar-refractivity contribution < 1.29 is 0 Å². The van der Waals surface area contributed by atoms with E-state index in [0.29, 0.717) is 0 Å². The number of imidazole rings is 1. The molecule has 62 valence electrons. The molecule has 0 spiro atoms. The summed E-state index contributed by atoms with van der Waals surface area (Å²) in [6.07, 6.45) is 4.03. The molecule has 0 bridgehead atoms. The van der Waals surface area contributed by atoms with Crippen molar-refractivity contribution in [1.82, 2.24) is 9.38 Å². The Morgan fingerprint density at radius 1 is 1.50 bits per heavy atom. The highest BCUT2D eigenvalue weighted by atomic mass is 79.9. The van der Waals surface area contributed by atoms with E-state index in [1.165, 1.54) is 0 Å². The van der Waals surface area contributed by atoms with Gasteiger partial charge in [-0.1, -0.05) is 17.8 Å².